The second kappa shape index (κ2) is 7.35. The van der Waals surface area contributed by atoms with Crippen LogP contribution in [0.5, 0.6) is 0 Å². The van der Waals surface area contributed by atoms with Gasteiger partial charge in [-0.1, -0.05) is 127 Å². The number of rotatable bonds is 3. The Balaban J connectivity index is 1.79. The average Bonchev–Trinajstić information content (AvgIpc) is 3.18. The fourth-order valence-electron chi connectivity index (χ4n) is 5.67. The molecule has 0 saturated carbocycles. The molecule has 0 bridgehead atoms. The quantitative estimate of drug-likeness (QED) is 0.278. The third-order valence-corrected chi connectivity index (χ3v) is 6.96. The molecule has 5 aromatic carbocycles. The van der Waals surface area contributed by atoms with Crippen molar-refractivity contribution < 1.29 is 0 Å². The summed E-state index contributed by atoms with van der Waals surface area (Å²) in [6.45, 7) is 2.30. The smallest absolute Gasteiger partial charge is 0.0622 e. The molecule has 0 N–H and O–H groups in total. The van der Waals surface area contributed by atoms with Crippen LogP contribution in [0.25, 0.3) is 22.3 Å². The van der Waals surface area contributed by atoms with Crippen molar-refractivity contribution in [1.29, 1.82) is 0 Å². The lowest BCUT2D eigenvalue weighted by molar-refractivity contribution is 0.762. The first-order valence-electron chi connectivity index (χ1n) is 11.2. The van der Waals surface area contributed by atoms with Crippen LogP contribution in [-0.4, -0.2) is 0 Å². The topological polar surface area (TPSA) is 0 Å². The van der Waals surface area contributed by atoms with Gasteiger partial charge < -0.3 is 0 Å². The summed E-state index contributed by atoms with van der Waals surface area (Å²) in [6.07, 6.45) is 0. The first kappa shape index (κ1) is 18.8. The van der Waals surface area contributed by atoms with Gasteiger partial charge in [-0.3, -0.25) is 0 Å². The van der Waals surface area contributed by atoms with E-state index in [-0.39, 0.29) is 5.41 Å². The summed E-state index contributed by atoms with van der Waals surface area (Å²) in [7, 11) is 0. The minimum absolute atomic E-state index is 0.344. The highest BCUT2D eigenvalue weighted by molar-refractivity contribution is 5.90. The molecule has 0 radical (unpaired) electrons. The van der Waals surface area contributed by atoms with Crippen molar-refractivity contribution in [2.45, 2.75) is 12.3 Å². The number of hydrogen-bond acceptors (Lipinski definition) is 0. The van der Waals surface area contributed by atoms with E-state index in [1.54, 1.807) is 0 Å². The number of benzene rings is 5. The van der Waals surface area contributed by atoms with Crippen LogP contribution in [0, 0.1) is 6.92 Å². The normalized spacial score (nSPS) is 13.4. The van der Waals surface area contributed by atoms with Gasteiger partial charge in [0.2, 0.25) is 0 Å². The van der Waals surface area contributed by atoms with Crippen molar-refractivity contribution in [3.63, 3.8) is 0 Å². The third-order valence-electron chi connectivity index (χ3n) is 6.96. The van der Waals surface area contributed by atoms with Crippen molar-refractivity contribution in [2.24, 2.45) is 0 Å². The fraction of sp³-hybridized carbons (Fsp3) is 0.0625. The zero-order chi connectivity index (χ0) is 21.5. The van der Waals surface area contributed by atoms with E-state index < -0.39 is 0 Å². The molecule has 1 aliphatic rings. The average molecular weight is 409 g/mol. The van der Waals surface area contributed by atoms with Crippen molar-refractivity contribution in [3.05, 3.63) is 155 Å². The minimum atomic E-state index is -0.344. The lowest BCUT2D eigenvalue weighted by Gasteiger charge is -2.35. The molecule has 0 aromatic heterocycles. The van der Waals surface area contributed by atoms with Crippen molar-refractivity contribution in [1.82, 2.24) is 0 Å². The van der Waals surface area contributed by atoms with Gasteiger partial charge in [0.15, 0.2) is 0 Å². The van der Waals surface area contributed by atoms with Gasteiger partial charge in [0.05, 0.1) is 5.41 Å². The van der Waals surface area contributed by atoms with Gasteiger partial charge in [-0.2, -0.15) is 0 Å². The summed E-state index contributed by atoms with van der Waals surface area (Å²) in [5.41, 5.74) is 11.6. The summed E-state index contributed by atoms with van der Waals surface area (Å²) in [4.78, 5) is 0. The van der Waals surface area contributed by atoms with E-state index in [0.29, 0.717) is 0 Å². The Morgan fingerprint density at radius 2 is 0.938 bits per heavy atom. The van der Waals surface area contributed by atoms with Crippen LogP contribution < -0.4 is 0 Å². The van der Waals surface area contributed by atoms with Crippen LogP contribution in [-0.2, 0) is 5.41 Å². The van der Waals surface area contributed by atoms with Gasteiger partial charge in [0, 0.05) is 0 Å². The molecule has 1 aliphatic carbocycles. The van der Waals surface area contributed by atoms with E-state index in [2.05, 4.69) is 134 Å². The largest absolute Gasteiger partial charge is 0.0716 e. The minimum Gasteiger partial charge on any atom is -0.0622 e. The Bertz CT molecular complexity index is 1360. The Labute approximate surface area is 189 Å². The summed E-state index contributed by atoms with van der Waals surface area (Å²) >= 11 is 0. The maximum absolute atomic E-state index is 2.33. The molecule has 6 rings (SSSR count). The maximum Gasteiger partial charge on any atom is 0.0716 e. The predicted octanol–water partition coefficient (Wildman–Crippen LogP) is 8.03. The highest BCUT2D eigenvalue weighted by Gasteiger charge is 2.47. The standard InChI is InChI=1S/C32H24/c1-23-27(24-13-5-2-6-14-24)21-22-29-28-19-11-12-20-30(28)32(31(23)29,25-15-7-3-8-16-25)26-17-9-4-10-18-26/h2-22H,1H3. The second-order valence-electron chi connectivity index (χ2n) is 8.55. The Morgan fingerprint density at radius 3 is 1.56 bits per heavy atom. The fourth-order valence-corrected chi connectivity index (χ4v) is 5.67. The molecule has 0 unspecified atom stereocenters. The molecule has 0 atom stereocenters. The zero-order valence-electron chi connectivity index (χ0n) is 18.1. The highest BCUT2D eigenvalue weighted by Crippen LogP contribution is 2.57. The molecule has 0 spiro atoms. The van der Waals surface area contributed by atoms with Crippen LogP contribution in [0.1, 0.15) is 27.8 Å². The van der Waals surface area contributed by atoms with Crippen molar-refractivity contribution >= 4 is 0 Å². The highest BCUT2D eigenvalue weighted by atomic mass is 14.5. The monoisotopic (exact) mass is 408 g/mol. The van der Waals surface area contributed by atoms with Gasteiger partial charge in [-0.25, -0.2) is 0 Å². The molecule has 0 saturated heterocycles. The van der Waals surface area contributed by atoms with Gasteiger partial charge in [-0.15, -0.1) is 0 Å². The van der Waals surface area contributed by atoms with E-state index >= 15 is 0 Å². The summed E-state index contributed by atoms with van der Waals surface area (Å²) in [5.74, 6) is 0. The molecule has 0 nitrogen and oxygen atoms in total. The molecule has 0 amide bonds. The Kier molecular flexibility index (Phi) is 4.33. The van der Waals surface area contributed by atoms with Crippen LogP contribution in [0.15, 0.2) is 127 Å². The van der Waals surface area contributed by atoms with Gasteiger partial charge in [0.25, 0.3) is 0 Å². The lowest BCUT2D eigenvalue weighted by atomic mass is 9.66. The predicted molar refractivity (Wildman–Crippen MR) is 134 cm³/mol. The van der Waals surface area contributed by atoms with Crippen molar-refractivity contribution in [3.8, 4) is 22.3 Å². The molecule has 152 valence electrons. The van der Waals surface area contributed by atoms with E-state index in [4.69, 9.17) is 0 Å². The van der Waals surface area contributed by atoms with Gasteiger partial charge in [-0.05, 0) is 57.0 Å². The van der Waals surface area contributed by atoms with Crippen LogP contribution >= 0.6 is 0 Å². The molecule has 0 heteroatoms. The van der Waals surface area contributed by atoms with Gasteiger partial charge >= 0.3 is 0 Å². The van der Waals surface area contributed by atoms with E-state index in [1.807, 2.05) is 0 Å². The van der Waals surface area contributed by atoms with E-state index in [1.165, 1.54) is 50.1 Å². The number of fused-ring (bicyclic) bond motifs is 3. The molecule has 5 aromatic rings. The van der Waals surface area contributed by atoms with Crippen molar-refractivity contribution in [2.75, 3.05) is 0 Å². The van der Waals surface area contributed by atoms with Crippen LogP contribution in [0.4, 0.5) is 0 Å². The molecule has 0 fully saturated rings. The summed E-state index contributed by atoms with van der Waals surface area (Å²) in [6, 6.07) is 46.3. The third kappa shape index (κ3) is 2.56. The van der Waals surface area contributed by atoms with Crippen LogP contribution in [0.2, 0.25) is 0 Å². The SMILES string of the molecule is Cc1c(-c2ccccc2)ccc2c1C(c1ccccc1)(c1ccccc1)c1ccccc1-2. The molecular formula is C32H24. The molecule has 0 heterocycles. The lowest BCUT2D eigenvalue weighted by Crippen LogP contribution is -2.29. The second-order valence-corrected chi connectivity index (χ2v) is 8.55. The Hall–Kier alpha value is -3.90. The van der Waals surface area contributed by atoms with Gasteiger partial charge in [0.1, 0.15) is 0 Å². The summed E-state index contributed by atoms with van der Waals surface area (Å²) < 4.78 is 0. The van der Waals surface area contributed by atoms with Crippen LogP contribution in [0.3, 0.4) is 0 Å². The molecular weight excluding hydrogens is 384 g/mol. The van der Waals surface area contributed by atoms with E-state index in [0.717, 1.165) is 0 Å². The Morgan fingerprint density at radius 1 is 0.438 bits per heavy atom. The van der Waals surface area contributed by atoms with E-state index in [9.17, 15) is 0 Å². The molecule has 32 heavy (non-hydrogen) atoms. The maximum atomic E-state index is 2.33. The number of hydrogen-bond donors (Lipinski definition) is 0. The first-order chi connectivity index (χ1) is 15.8. The zero-order valence-corrected chi connectivity index (χ0v) is 18.1. The summed E-state index contributed by atoms with van der Waals surface area (Å²) in [5, 5.41) is 0. The first-order valence-corrected chi connectivity index (χ1v) is 11.2. The molecule has 0 aliphatic heterocycles.